The third-order valence-corrected chi connectivity index (χ3v) is 3.82. The fourth-order valence-corrected chi connectivity index (χ4v) is 2.61. The van der Waals surface area contributed by atoms with Gasteiger partial charge in [-0.1, -0.05) is 6.07 Å². The average Bonchev–Trinajstić information content (AvgIpc) is 2.46. The van der Waals surface area contributed by atoms with Gasteiger partial charge in [-0.05, 0) is 23.8 Å². The summed E-state index contributed by atoms with van der Waals surface area (Å²) in [6.45, 7) is 0.148. The van der Waals surface area contributed by atoms with E-state index >= 15 is 0 Å². The Hall–Kier alpha value is -2.03. The van der Waals surface area contributed by atoms with Crippen LogP contribution in [0.3, 0.4) is 0 Å². The highest BCUT2D eigenvalue weighted by Crippen LogP contribution is 2.16. The van der Waals surface area contributed by atoms with Gasteiger partial charge in [-0.25, -0.2) is 24.0 Å². The molecule has 8 heteroatoms. The number of rotatable bonds is 5. The van der Waals surface area contributed by atoms with Crippen molar-refractivity contribution < 1.29 is 8.42 Å². The minimum absolute atomic E-state index is 0.00129. The Balaban J connectivity index is 2.19. The number of nitrogens with two attached hydrogens (primary N) is 1. The molecule has 0 aliphatic carbocycles. The lowest BCUT2D eigenvalue weighted by molar-refractivity contribution is 0.581. The number of sulfonamides is 1. The van der Waals surface area contributed by atoms with Gasteiger partial charge in [-0.2, -0.15) is 0 Å². The van der Waals surface area contributed by atoms with E-state index in [-0.39, 0.29) is 17.3 Å². The molecular weight excluding hydrogens is 266 g/mol. The van der Waals surface area contributed by atoms with Crippen LogP contribution in [0.15, 0.2) is 47.8 Å². The van der Waals surface area contributed by atoms with E-state index in [2.05, 4.69) is 20.1 Å². The highest BCUT2D eigenvalue weighted by Gasteiger charge is 2.18. The maximum absolute atomic E-state index is 12.1. The first-order valence-electron chi connectivity index (χ1n) is 5.43. The summed E-state index contributed by atoms with van der Waals surface area (Å²) >= 11 is 0. The standard InChI is InChI=1S/C11H13N5O2S/c12-16-11-10(4-2-6-14-11)19(17,18)15-8-9-3-1-5-13-7-9/h1-7,15H,8,12H2,(H,14,16). The summed E-state index contributed by atoms with van der Waals surface area (Å²) < 4.78 is 26.7. The van der Waals surface area contributed by atoms with E-state index in [1.165, 1.54) is 18.3 Å². The molecule has 0 unspecified atom stereocenters. The van der Waals surface area contributed by atoms with E-state index in [1.807, 2.05) is 0 Å². The molecule has 0 saturated heterocycles. The van der Waals surface area contributed by atoms with E-state index in [1.54, 1.807) is 24.5 Å². The Bertz CT molecular complexity index is 645. The maximum atomic E-state index is 12.1. The zero-order valence-corrected chi connectivity index (χ0v) is 10.8. The third kappa shape index (κ3) is 3.25. The van der Waals surface area contributed by atoms with Gasteiger partial charge in [0.25, 0.3) is 0 Å². The number of hydrogen-bond donors (Lipinski definition) is 3. The van der Waals surface area contributed by atoms with Gasteiger partial charge in [-0.3, -0.25) is 4.98 Å². The quantitative estimate of drug-likeness (QED) is 0.534. The molecule has 0 aliphatic rings. The number of aromatic nitrogens is 2. The predicted molar refractivity (Wildman–Crippen MR) is 70.3 cm³/mol. The molecule has 0 aromatic carbocycles. The summed E-state index contributed by atoms with van der Waals surface area (Å²) in [5.74, 6) is 5.34. The maximum Gasteiger partial charge on any atom is 0.244 e. The van der Waals surface area contributed by atoms with E-state index < -0.39 is 10.0 Å². The summed E-state index contributed by atoms with van der Waals surface area (Å²) in [5, 5.41) is 0. The van der Waals surface area contributed by atoms with Gasteiger partial charge in [0.1, 0.15) is 4.90 Å². The van der Waals surface area contributed by atoms with Crippen LogP contribution in [-0.4, -0.2) is 18.4 Å². The molecule has 4 N–H and O–H groups in total. The molecule has 7 nitrogen and oxygen atoms in total. The van der Waals surface area contributed by atoms with Crippen molar-refractivity contribution in [1.82, 2.24) is 14.7 Å². The second-order valence-electron chi connectivity index (χ2n) is 3.68. The van der Waals surface area contributed by atoms with Crippen LogP contribution in [0.2, 0.25) is 0 Å². The Morgan fingerprint density at radius 3 is 2.68 bits per heavy atom. The number of nitrogens with one attached hydrogen (secondary N) is 2. The van der Waals surface area contributed by atoms with Gasteiger partial charge >= 0.3 is 0 Å². The normalized spacial score (nSPS) is 11.2. The molecular formula is C11H13N5O2S. The first-order chi connectivity index (χ1) is 9.13. The summed E-state index contributed by atoms with van der Waals surface area (Å²) in [4.78, 5) is 7.76. The van der Waals surface area contributed by atoms with E-state index in [4.69, 9.17) is 5.84 Å². The number of hydrazine groups is 1. The minimum Gasteiger partial charge on any atom is -0.307 e. The Labute approximate surface area is 110 Å². The molecule has 19 heavy (non-hydrogen) atoms. The van der Waals surface area contributed by atoms with Gasteiger partial charge in [0, 0.05) is 25.1 Å². The Morgan fingerprint density at radius 2 is 2.00 bits per heavy atom. The molecule has 100 valence electrons. The molecule has 2 aromatic rings. The number of hydrogen-bond acceptors (Lipinski definition) is 6. The molecule has 0 spiro atoms. The monoisotopic (exact) mass is 279 g/mol. The topological polar surface area (TPSA) is 110 Å². The van der Waals surface area contributed by atoms with Crippen LogP contribution >= 0.6 is 0 Å². The Kier molecular flexibility index (Phi) is 4.05. The lowest BCUT2D eigenvalue weighted by Crippen LogP contribution is -2.25. The first-order valence-corrected chi connectivity index (χ1v) is 6.92. The van der Waals surface area contributed by atoms with Crippen LogP contribution < -0.4 is 16.0 Å². The first kappa shape index (κ1) is 13.4. The van der Waals surface area contributed by atoms with E-state index in [0.717, 1.165) is 5.56 Å². The molecule has 0 saturated carbocycles. The molecule has 0 amide bonds. The smallest absolute Gasteiger partial charge is 0.244 e. The summed E-state index contributed by atoms with van der Waals surface area (Å²) in [7, 11) is -3.68. The SMILES string of the molecule is NNc1ncccc1S(=O)(=O)NCc1cccnc1. The molecule has 0 bridgehead atoms. The second-order valence-corrected chi connectivity index (χ2v) is 5.42. The van der Waals surface area contributed by atoms with Crippen LogP contribution in [0.5, 0.6) is 0 Å². The molecule has 2 heterocycles. The molecule has 0 aliphatic heterocycles. The van der Waals surface area contributed by atoms with Crippen molar-refractivity contribution in [3.63, 3.8) is 0 Å². The minimum atomic E-state index is -3.68. The van der Waals surface area contributed by atoms with Crippen molar-refractivity contribution in [3.8, 4) is 0 Å². The van der Waals surface area contributed by atoms with E-state index in [9.17, 15) is 8.42 Å². The van der Waals surface area contributed by atoms with Crippen molar-refractivity contribution in [2.24, 2.45) is 5.84 Å². The van der Waals surface area contributed by atoms with Crippen molar-refractivity contribution in [1.29, 1.82) is 0 Å². The lowest BCUT2D eigenvalue weighted by atomic mass is 10.3. The largest absolute Gasteiger partial charge is 0.307 e. The molecule has 0 fully saturated rings. The van der Waals surface area contributed by atoms with Crippen LogP contribution in [-0.2, 0) is 16.6 Å². The fraction of sp³-hybridized carbons (Fsp3) is 0.0909. The van der Waals surface area contributed by atoms with E-state index in [0.29, 0.717) is 0 Å². The van der Waals surface area contributed by atoms with Gasteiger partial charge in [-0.15, -0.1) is 0 Å². The average molecular weight is 279 g/mol. The van der Waals surface area contributed by atoms with Gasteiger partial charge in [0.05, 0.1) is 0 Å². The van der Waals surface area contributed by atoms with Gasteiger partial charge in [0.15, 0.2) is 5.82 Å². The molecule has 2 aromatic heterocycles. The third-order valence-electron chi connectivity index (χ3n) is 2.39. The zero-order chi connectivity index (χ0) is 13.7. The van der Waals surface area contributed by atoms with Crippen molar-refractivity contribution in [2.45, 2.75) is 11.4 Å². The van der Waals surface area contributed by atoms with Crippen molar-refractivity contribution >= 4 is 15.8 Å². The summed E-state index contributed by atoms with van der Waals surface area (Å²) in [6, 6.07) is 6.47. The lowest BCUT2D eigenvalue weighted by Gasteiger charge is -2.09. The predicted octanol–water partition coefficient (Wildman–Crippen LogP) is 0.241. The number of nitrogens with zero attached hydrogens (tertiary/aromatic N) is 2. The highest BCUT2D eigenvalue weighted by atomic mass is 32.2. The fourth-order valence-electron chi connectivity index (χ4n) is 1.47. The number of nitrogen functional groups attached to an aromatic ring is 1. The number of pyridine rings is 2. The van der Waals surface area contributed by atoms with Crippen molar-refractivity contribution in [2.75, 3.05) is 5.43 Å². The van der Waals surface area contributed by atoms with Gasteiger partial charge in [0.2, 0.25) is 10.0 Å². The highest BCUT2D eigenvalue weighted by molar-refractivity contribution is 7.89. The second kappa shape index (κ2) is 5.74. The molecule has 0 radical (unpaired) electrons. The summed E-state index contributed by atoms with van der Waals surface area (Å²) in [6.07, 6.45) is 4.67. The Morgan fingerprint density at radius 1 is 1.21 bits per heavy atom. The number of anilines is 1. The van der Waals surface area contributed by atoms with Crippen LogP contribution in [0, 0.1) is 0 Å². The van der Waals surface area contributed by atoms with Crippen molar-refractivity contribution in [3.05, 3.63) is 48.4 Å². The van der Waals surface area contributed by atoms with Crippen LogP contribution in [0.4, 0.5) is 5.82 Å². The zero-order valence-electron chi connectivity index (χ0n) is 9.95. The van der Waals surface area contributed by atoms with Gasteiger partial charge < -0.3 is 5.43 Å². The van der Waals surface area contributed by atoms with Crippen LogP contribution in [0.1, 0.15) is 5.56 Å². The molecule has 0 atom stereocenters. The van der Waals surface area contributed by atoms with Crippen LogP contribution in [0.25, 0.3) is 0 Å². The molecule has 2 rings (SSSR count). The summed E-state index contributed by atoms with van der Waals surface area (Å²) in [5.41, 5.74) is 3.02.